The third-order valence-corrected chi connectivity index (χ3v) is 5.65. The molecule has 3 aromatic rings. The first kappa shape index (κ1) is 15.7. The van der Waals surface area contributed by atoms with Crippen LogP contribution in [-0.4, -0.2) is 19.5 Å². The molecule has 2 aliphatic rings. The fourth-order valence-electron chi connectivity index (χ4n) is 4.19. The summed E-state index contributed by atoms with van der Waals surface area (Å²) in [7, 11) is 0. The number of hydrogen-bond donors (Lipinski definition) is 0. The van der Waals surface area contributed by atoms with Crippen LogP contribution in [0.4, 0.5) is 0 Å². The van der Waals surface area contributed by atoms with Gasteiger partial charge < -0.3 is 4.57 Å². The second-order valence-corrected chi connectivity index (χ2v) is 7.57. The molecule has 0 atom stereocenters. The molecule has 26 heavy (non-hydrogen) atoms. The van der Waals surface area contributed by atoms with Gasteiger partial charge in [-0.3, -0.25) is 0 Å². The predicted octanol–water partition coefficient (Wildman–Crippen LogP) is 4.26. The average molecular weight is 344 g/mol. The van der Waals surface area contributed by atoms with Crippen LogP contribution in [0.2, 0.25) is 0 Å². The zero-order valence-corrected chi connectivity index (χ0v) is 15.3. The maximum Gasteiger partial charge on any atom is 0.130 e. The Labute approximate surface area is 154 Å². The number of imidazole rings is 1. The van der Waals surface area contributed by atoms with Gasteiger partial charge in [-0.05, 0) is 44.6 Å². The van der Waals surface area contributed by atoms with Crippen molar-refractivity contribution in [3.8, 4) is 11.3 Å². The number of benzene rings is 1. The predicted molar refractivity (Wildman–Crippen MR) is 102 cm³/mol. The van der Waals surface area contributed by atoms with Crippen LogP contribution in [0.5, 0.6) is 0 Å². The van der Waals surface area contributed by atoms with Crippen molar-refractivity contribution < 1.29 is 0 Å². The lowest BCUT2D eigenvalue weighted by Gasteiger charge is -2.11. The molecule has 0 N–H and O–H groups in total. The van der Waals surface area contributed by atoms with Crippen LogP contribution in [0.1, 0.15) is 53.7 Å². The summed E-state index contributed by atoms with van der Waals surface area (Å²) in [6, 6.07) is 10.6. The smallest absolute Gasteiger partial charge is 0.130 e. The van der Waals surface area contributed by atoms with Crippen molar-refractivity contribution in [3.63, 3.8) is 0 Å². The molecule has 0 amide bonds. The van der Waals surface area contributed by atoms with Crippen molar-refractivity contribution in [1.82, 2.24) is 19.5 Å². The molecule has 0 unspecified atom stereocenters. The Morgan fingerprint density at radius 2 is 1.92 bits per heavy atom. The maximum atomic E-state index is 4.84. The number of rotatable bonds is 5. The maximum absolute atomic E-state index is 4.84. The van der Waals surface area contributed by atoms with Gasteiger partial charge in [-0.15, -0.1) is 0 Å². The zero-order chi connectivity index (χ0) is 17.5. The van der Waals surface area contributed by atoms with E-state index in [0.29, 0.717) is 5.92 Å². The monoisotopic (exact) mass is 344 g/mol. The molecule has 4 heteroatoms. The van der Waals surface area contributed by atoms with Crippen LogP contribution < -0.4 is 0 Å². The molecule has 0 saturated heterocycles. The first-order valence-electron chi connectivity index (χ1n) is 9.75. The van der Waals surface area contributed by atoms with Crippen LogP contribution in [0.25, 0.3) is 11.3 Å². The Morgan fingerprint density at radius 3 is 2.73 bits per heavy atom. The Kier molecular flexibility index (Phi) is 3.84. The molecule has 132 valence electrons. The van der Waals surface area contributed by atoms with E-state index in [1.54, 1.807) is 0 Å². The summed E-state index contributed by atoms with van der Waals surface area (Å²) in [5.74, 6) is 1.65. The van der Waals surface area contributed by atoms with Crippen molar-refractivity contribution >= 4 is 0 Å². The van der Waals surface area contributed by atoms with Crippen molar-refractivity contribution in [2.75, 3.05) is 0 Å². The van der Waals surface area contributed by atoms with Gasteiger partial charge in [0.25, 0.3) is 0 Å². The van der Waals surface area contributed by atoms with Crippen molar-refractivity contribution in [3.05, 3.63) is 65.1 Å². The normalized spacial score (nSPS) is 16.0. The van der Waals surface area contributed by atoms with Crippen LogP contribution in [0.3, 0.4) is 0 Å². The van der Waals surface area contributed by atoms with E-state index in [4.69, 9.17) is 15.0 Å². The summed E-state index contributed by atoms with van der Waals surface area (Å²) in [5.41, 5.74) is 7.62. The molecule has 1 saturated carbocycles. The van der Waals surface area contributed by atoms with Crippen molar-refractivity contribution in [1.29, 1.82) is 0 Å². The van der Waals surface area contributed by atoms with Gasteiger partial charge in [-0.1, -0.05) is 30.3 Å². The lowest BCUT2D eigenvalue weighted by molar-refractivity contribution is 0.638. The average Bonchev–Trinajstić information content (AvgIpc) is 3.23. The molecule has 1 fully saturated rings. The Hall–Kier alpha value is -2.49. The number of aromatic nitrogens is 4. The SMILES string of the molecule is Cc1nc(CCn2cnc(-c3ccccc3)c2C2CC2)nc2c1CCC2. The first-order chi connectivity index (χ1) is 12.8. The van der Waals surface area contributed by atoms with E-state index in [-0.39, 0.29) is 0 Å². The summed E-state index contributed by atoms with van der Waals surface area (Å²) < 4.78 is 2.34. The molecule has 2 aliphatic carbocycles. The van der Waals surface area contributed by atoms with Gasteiger partial charge in [0.05, 0.1) is 12.0 Å². The summed E-state index contributed by atoms with van der Waals surface area (Å²) in [4.78, 5) is 14.4. The number of nitrogens with zero attached hydrogens (tertiary/aromatic N) is 4. The van der Waals surface area contributed by atoms with E-state index in [2.05, 4.69) is 41.8 Å². The lowest BCUT2D eigenvalue weighted by Crippen LogP contribution is -2.09. The van der Waals surface area contributed by atoms with E-state index in [1.165, 1.54) is 47.5 Å². The standard InChI is InChI=1S/C22H24N4/c1-15-18-8-5-9-19(18)25-20(24-15)12-13-26-14-23-21(22(26)17-10-11-17)16-6-3-2-4-7-16/h2-4,6-7,14,17H,5,8-13H2,1H3. The van der Waals surface area contributed by atoms with Gasteiger partial charge in [-0.2, -0.15) is 0 Å². The molecule has 1 aromatic carbocycles. The van der Waals surface area contributed by atoms with E-state index in [0.717, 1.165) is 37.3 Å². The minimum Gasteiger partial charge on any atom is -0.333 e. The van der Waals surface area contributed by atoms with Crippen LogP contribution >= 0.6 is 0 Å². The molecule has 5 rings (SSSR count). The Bertz CT molecular complexity index is 938. The highest BCUT2D eigenvalue weighted by atomic mass is 15.1. The molecule has 0 radical (unpaired) electrons. The van der Waals surface area contributed by atoms with E-state index in [9.17, 15) is 0 Å². The van der Waals surface area contributed by atoms with Crippen molar-refractivity contribution in [2.24, 2.45) is 0 Å². The van der Waals surface area contributed by atoms with Gasteiger partial charge in [0.15, 0.2) is 0 Å². The molecule has 0 spiro atoms. The lowest BCUT2D eigenvalue weighted by atomic mass is 10.1. The van der Waals surface area contributed by atoms with E-state index < -0.39 is 0 Å². The molecule has 2 heterocycles. The Balaban J connectivity index is 1.41. The van der Waals surface area contributed by atoms with Gasteiger partial charge in [-0.25, -0.2) is 15.0 Å². The molecule has 0 bridgehead atoms. The quantitative estimate of drug-likeness (QED) is 0.695. The van der Waals surface area contributed by atoms with Gasteiger partial charge >= 0.3 is 0 Å². The van der Waals surface area contributed by atoms with Crippen LogP contribution in [0.15, 0.2) is 36.7 Å². The Morgan fingerprint density at radius 1 is 1.08 bits per heavy atom. The van der Waals surface area contributed by atoms with Crippen molar-refractivity contribution in [2.45, 2.75) is 57.9 Å². The van der Waals surface area contributed by atoms with Crippen LogP contribution in [-0.2, 0) is 25.8 Å². The van der Waals surface area contributed by atoms with Gasteiger partial charge in [0.2, 0.25) is 0 Å². The molecule has 2 aromatic heterocycles. The highest BCUT2D eigenvalue weighted by Crippen LogP contribution is 2.44. The first-order valence-corrected chi connectivity index (χ1v) is 9.75. The second kappa shape index (κ2) is 6.35. The number of fused-ring (bicyclic) bond motifs is 1. The topological polar surface area (TPSA) is 43.6 Å². The van der Waals surface area contributed by atoms with E-state index in [1.807, 2.05) is 6.33 Å². The molecular formula is C22H24N4. The second-order valence-electron chi connectivity index (χ2n) is 7.57. The van der Waals surface area contributed by atoms with Gasteiger partial charge in [0.1, 0.15) is 5.82 Å². The number of hydrogen-bond acceptors (Lipinski definition) is 3. The fourth-order valence-corrected chi connectivity index (χ4v) is 4.19. The third-order valence-electron chi connectivity index (χ3n) is 5.65. The van der Waals surface area contributed by atoms with Gasteiger partial charge in [0, 0.05) is 41.5 Å². The summed E-state index contributed by atoms with van der Waals surface area (Å²) >= 11 is 0. The highest BCUT2D eigenvalue weighted by Gasteiger charge is 2.30. The van der Waals surface area contributed by atoms with Crippen LogP contribution in [0, 0.1) is 6.92 Å². The minimum atomic E-state index is 0.662. The largest absolute Gasteiger partial charge is 0.333 e. The molecular weight excluding hydrogens is 320 g/mol. The molecule has 0 aliphatic heterocycles. The third kappa shape index (κ3) is 2.83. The highest BCUT2D eigenvalue weighted by molar-refractivity contribution is 5.63. The summed E-state index contributed by atoms with van der Waals surface area (Å²) in [6.07, 6.45) is 8.92. The molecule has 4 nitrogen and oxygen atoms in total. The summed E-state index contributed by atoms with van der Waals surface area (Å²) in [5, 5.41) is 0. The zero-order valence-electron chi connectivity index (χ0n) is 15.3. The summed E-state index contributed by atoms with van der Waals surface area (Å²) in [6.45, 7) is 3.04. The fraction of sp³-hybridized carbons (Fsp3) is 0.409. The minimum absolute atomic E-state index is 0.662. The number of aryl methyl sites for hydroxylation is 4. The van der Waals surface area contributed by atoms with E-state index >= 15 is 0 Å².